The summed E-state index contributed by atoms with van der Waals surface area (Å²) in [7, 11) is 0. The second kappa shape index (κ2) is 24.0. The van der Waals surface area contributed by atoms with E-state index in [9.17, 15) is 19.2 Å². The van der Waals surface area contributed by atoms with Gasteiger partial charge < -0.3 is 4.74 Å². The lowest BCUT2D eigenvalue weighted by Gasteiger charge is -2.20. The summed E-state index contributed by atoms with van der Waals surface area (Å²) in [6.45, 7) is 3.18. The van der Waals surface area contributed by atoms with Crippen molar-refractivity contribution in [3.8, 4) is 118 Å². The second-order valence-corrected chi connectivity index (χ2v) is 22.7. The SMILES string of the molecule is [2H]c1c([2H])c([2H])c(-c2cnc(-n3c4ccccc4c4ccc(Oc5cccc(-n6[c-][n+](-c7c(-c8c([2H])c(-c9c([2H])c([2H])c([2H])c([2H])c9[2H])c([2H])c(-c9c([2H])c([2H])c([2H])c([2H])c9[2H])c8[2H])cccc7-c7c([2H])c(-c8c([2H])c([2H])c([2H])c([2H])c8[2H])c([2H])c(-c8c([2H])c([2H])c([2H])c([2H])c8[2H])c7[2H])c7ccc(-c8ccc(C(C)(C)C)cc8)cc76)c5)cc43)cc2C([2H])([2H])[2H])c([2H])c1[2H]. The highest BCUT2D eigenvalue weighted by atomic mass is 16.5. The van der Waals surface area contributed by atoms with E-state index in [-0.39, 0.29) is 56.1 Å². The van der Waals surface area contributed by atoms with Crippen LogP contribution in [0.4, 0.5) is 0 Å². The second-order valence-electron chi connectivity index (χ2n) is 22.7. The molecule has 0 unspecified atom stereocenters. The van der Waals surface area contributed by atoms with Gasteiger partial charge in [-0.25, -0.2) is 4.98 Å². The van der Waals surface area contributed by atoms with Crippen LogP contribution in [0.15, 0.2) is 327 Å². The molecule has 0 fully saturated rings. The molecule has 0 aliphatic carbocycles. The van der Waals surface area contributed by atoms with Crippen LogP contribution in [0.5, 0.6) is 11.5 Å². The zero-order valence-corrected chi connectivity index (χ0v) is 50.0. The van der Waals surface area contributed by atoms with Crippen LogP contribution in [0.2, 0.25) is 0 Å². The molecule has 16 aromatic rings. The van der Waals surface area contributed by atoms with Crippen molar-refractivity contribution in [3.63, 3.8) is 0 Å². The van der Waals surface area contributed by atoms with Crippen LogP contribution < -0.4 is 9.30 Å². The molecular weight excluding hydrogens is 1140 g/mol. The van der Waals surface area contributed by atoms with Crippen molar-refractivity contribution in [2.45, 2.75) is 33.0 Å². The summed E-state index contributed by atoms with van der Waals surface area (Å²) in [6, 6.07) is 7.97. The predicted molar refractivity (Wildman–Crippen MR) is 389 cm³/mol. The zero-order valence-electron chi connectivity index (χ0n) is 84.0. The molecule has 0 saturated carbocycles. The molecule has 16 rings (SSSR count). The third kappa shape index (κ3) is 10.9. The van der Waals surface area contributed by atoms with E-state index in [1.54, 1.807) is 83.4 Å². The number of benzene rings is 13. The number of nitrogens with zero attached hydrogens (tertiary/aromatic N) is 4. The first-order valence-electron chi connectivity index (χ1n) is 46.5. The van der Waals surface area contributed by atoms with Gasteiger partial charge in [0.05, 0.1) is 75.9 Å². The van der Waals surface area contributed by atoms with Gasteiger partial charge in [-0.2, -0.15) is 0 Å². The Morgan fingerprint density at radius 1 is 0.415 bits per heavy atom. The molecule has 0 atom stereocenters. The molecule has 0 aliphatic heterocycles. The number of aromatic nitrogens is 4. The van der Waals surface area contributed by atoms with E-state index in [0.29, 0.717) is 32.9 Å². The quantitative estimate of drug-likeness (QED) is 0.0852. The van der Waals surface area contributed by atoms with E-state index in [1.165, 1.54) is 33.4 Å². The molecule has 94 heavy (non-hydrogen) atoms. The Hall–Kier alpha value is -11.9. The Balaban J connectivity index is 1.02. The predicted octanol–water partition coefficient (Wildman–Crippen LogP) is 22.9. The average Bonchev–Trinajstić information content (AvgIpc) is 0.922. The van der Waals surface area contributed by atoms with E-state index in [1.807, 2.05) is 51.1 Å². The Bertz CT molecular complexity index is 7020. The summed E-state index contributed by atoms with van der Waals surface area (Å²) in [5.41, 5.74) is -6.97. The third-order valence-corrected chi connectivity index (χ3v) is 15.9. The fourth-order valence-corrected chi connectivity index (χ4v) is 11.4. The van der Waals surface area contributed by atoms with Crippen molar-refractivity contribution in [2.75, 3.05) is 0 Å². The van der Waals surface area contributed by atoms with Crippen molar-refractivity contribution in [3.05, 3.63) is 344 Å². The maximum absolute atomic E-state index is 10.6. The summed E-state index contributed by atoms with van der Waals surface area (Å²) in [5, 5.41) is 1.32. The van der Waals surface area contributed by atoms with Crippen molar-refractivity contribution in [1.82, 2.24) is 14.1 Å². The molecule has 0 bridgehead atoms. The lowest BCUT2D eigenvalue weighted by Crippen LogP contribution is -2.31. The van der Waals surface area contributed by atoms with E-state index in [2.05, 4.69) is 6.33 Å². The standard InChI is InChI=1S/C89H66N4O/c1-60-48-87(90-58-82(60)66-32-18-9-19-33-66)93-83-39-21-20-36-80(83)81-46-45-77(57-85(81)93)94-76-35-22-34-75(56-76)91-59-92(84-47-42-67(55-86(84)91)65-40-43-74(44-41-65)89(2,3)4)88-78(72-51-68(61-24-10-5-11-25-61)49-69(52-72)62-26-12-6-13-27-62)37-23-38-79(88)73-53-70(63-28-14-7-15-29-63)50-71(54-73)64-30-16-8-17-31-64/h5-58H,1-4H3/i1D3,5D,6D,7D,8D,9D,10D,11D,12D,13D,14D,15D,16D,17D,18D,19D,24D,25D,26D,27D,28D,29D,30D,31D,32D,33D,49D,50D,51D,52D,53D,54D. The van der Waals surface area contributed by atoms with Crippen LogP contribution >= 0.6 is 0 Å². The van der Waals surface area contributed by atoms with Crippen molar-refractivity contribution >= 4 is 32.8 Å². The average molecular weight is 1240 g/mol. The fourth-order valence-electron chi connectivity index (χ4n) is 11.4. The van der Waals surface area contributed by atoms with Crippen molar-refractivity contribution in [1.29, 1.82) is 0 Å². The molecule has 0 N–H and O–H groups in total. The minimum atomic E-state index is -2.94. The topological polar surface area (TPSA) is 35.9 Å². The normalized spacial score (nSPS) is 16.8. The minimum Gasteiger partial charge on any atom is -0.458 e. The number of fused-ring (bicyclic) bond motifs is 4. The van der Waals surface area contributed by atoms with E-state index in [0.717, 1.165) is 11.8 Å². The van der Waals surface area contributed by atoms with Crippen LogP contribution in [-0.2, 0) is 5.41 Å². The molecule has 0 spiro atoms. The van der Waals surface area contributed by atoms with Gasteiger partial charge in [0.2, 0.25) is 0 Å². The van der Waals surface area contributed by atoms with Crippen LogP contribution in [0, 0.1) is 13.2 Å². The number of para-hydroxylation sites is 2. The first kappa shape index (κ1) is 31.4. The number of rotatable bonds is 13. The monoisotopic (exact) mass is 1240 g/mol. The van der Waals surface area contributed by atoms with E-state index >= 15 is 0 Å². The third-order valence-electron chi connectivity index (χ3n) is 15.9. The van der Waals surface area contributed by atoms with Gasteiger partial charge in [0, 0.05) is 32.7 Å². The molecule has 13 aromatic carbocycles. The number of imidazole rings is 1. The van der Waals surface area contributed by atoms with E-state index < -0.39 is 267 Å². The molecule has 0 radical (unpaired) electrons. The summed E-state index contributed by atoms with van der Waals surface area (Å²) in [5.74, 6) is 0.375. The van der Waals surface area contributed by atoms with Crippen LogP contribution in [0.3, 0.4) is 0 Å². The Kier molecular flexibility index (Phi) is 8.03. The van der Waals surface area contributed by atoms with Gasteiger partial charge in [0.25, 0.3) is 6.33 Å². The van der Waals surface area contributed by atoms with Gasteiger partial charge in [-0.1, -0.05) is 251 Å². The Labute approximate surface area is 596 Å². The molecule has 3 heterocycles. The summed E-state index contributed by atoms with van der Waals surface area (Å²) in [4.78, 5) is 4.72. The minimum absolute atomic E-state index is 0.0562. The zero-order chi connectivity index (χ0) is 92.8. The first-order valence-corrected chi connectivity index (χ1v) is 29.5. The molecule has 5 nitrogen and oxygen atoms in total. The first-order chi connectivity index (χ1) is 60.2. The van der Waals surface area contributed by atoms with Crippen LogP contribution in [-0.4, -0.2) is 14.1 Å². The summed E-state index contributed by atoms with van der Waals surface area (Å²) < 4.78 is 324. The maximum Gasteiger partial charge on any atom is 0.269 e. The number of hydrogen-bond acceptors (Lipinski definition) is 2. The largest absolute Gasteiger partial charge is 0.458 e. The van der Waals surface area contributed by atoms with Gasteiger partial charge >= 0.3 is 0 Å². The Morgan fingerprint density at radius 3 is 1.49 bits per heavy atom. The maximum atomic E-state index is 10.6. The number of pyridine rings is 1. The summed E-state index contributed by atoms with van der Waals surface area (Å²) >= 11 is 0. The van der Waals surface area contributed by atoms with Crippen molar-refractivity contribution < 1.29 is 55.9 Å². The van der Waals surface area contributed by atoms with E-state index in [4.69, 9.17) is 37.1 Å². The number of ether oxygens (including phenoxy) is 1. The molecule has 448 valence electrons. The number of hydrogen-bond donors (Lipinski definition) is 0. The lowest BCUT2D eigenvalue weighted by molar-refractivity contribution is -0.571. The molecule has 0 amide bonds. The smallest absolute Gasteiger partial charge is 0.269 e. The highest BCUT2D eigenvalue weighted by Crippen LogP contribution is 2.43. The highest BCUT2D eigenvalue weighted by molar-refractivity contribution is 6.09. The Morgan fingerprint density at radius 2 is 0.926 bits per heavy atom. The summed E-state index contributed by atoms with van der Waals surface area (Å²) in [6.07, 6.45) is 4.59. The molecule has 0 saturated heterocycles. The van der Waals surface area contributed by atoms with Gasteiger partial charge in [0.15, 0.2) is 0 Å². The van der Waals surface area contributed by atoms with Crippen LogP contribution in [0.25, 0.3) is 139 Å². The van der Waals surface area contributed by atoms with Gasteiger partial charge in [-0.15, -0.1) is 0 Å². The van der Waals surface area contributed by atoms with Crippen molar-refractivity contribution in [2.24, 2.45) is 0 Å². The van der Waals surface area contributed by atoms with Gasteiger partial charge in [-0.3, -0.25) is 13.7 Å². The fraction of sp³-hybridized carbons (Fsp3) is 0.0562. The molecule has 3 aromatic heterocycles. The number of aryl methyl sites for hydroxylation is 1. The van der Waals surface area contributed by atoms with Gasteiger partial charge in [0.1, 0.15) is 17.3 Å². The van der Waals surface area contributed by atoms with Crippen LogP contribution in [0.1, 0.15) is 78.5 Å². The molecular formula is C89H66N4O. The molecule has 0 aliphatic rings. The lowest BCUT2D eigenvalue weighted by atomic mass is 9.86. The highest BCUT2D eigenvalue weighted by Gasteiger charge is 2.24. The molecule has 5 heteroatoms. The van der Waals surface area contributed by atoms with Gasteiger partial charge in [-0.05, 0) is 192 Å².